The third kappa shape index (κ3) is 2.83. The van der Waals surface area contributed by atoms with Crippen LogP contribution in [0.3, 0.4) is 0 Å². The van der Waals surface area contributed by atoms with Crippen LogP contribution in [0.25, 0.3) is 0 Å². The summed E-state index contributed by atoms with van der Waals surface area (Å²) in [6.45, 7) is 7.43. The molecule has 0 spiro atoms. The van der Waals surface area contributed by atoms with Crippen molar-refractivity contribution >= 4 is 0 Å². The fourth-order valence-electron chi connectivity index (χ4n) is 3.12. The van der Waals surface area contributed by atoms with Crippen molar-refractivity contribution in [2.75, 3.05) is 13.7 Å². The van der Waals surface area contributed by atoms with Crippen molar-refractivity contribution in [2.24, 2.45) is 0 Å². The van der Waals surface area contributed by atoms with E-state index in [-0.39, 0.29) is 6.61 Å². The molecule has 7 heteroatoms. The maximum atomic E-state index is 14.7. The second-order valence-electron chi connectivity index (χ2n) is 6.58. The minimum atomic E-state index is -1.46. The van der Waals surface area contributed by atoms with Crippen molar-refractivity contribution in [1.82, 2.24) is 0 Å². The molecule has 0 saturated carbocycles. The minimum absolute atomic E-state index is 0.289. The van der Waals surface area contributed by atoms with E-state index in [0.717, 1.165) is 0 Å². The molecule has 0 aromatic rings. The van der Waals surface area contributed by atoms with Crippen LogP contribution in [0, 0.1) is 0 Å². The van der Waals surface area contributed by atoms with Gasteiger partial charge < -0.3 is 28.4 Å². The molecule has 0 aromatic carbocycles. The number of rotatable bonds is 1. The monoisotopic (exact) mass is 306 g/mol. The summed E-state index contributed by atoms with van der Waals surface area (Å²) in [4.78, 5) is 0. The fraction of sp³-hybridized carbons (Fsp3) is 1.00. The second kappa shape index (κ2) is 5.11. The molecule has 6 atom stereocenters. The Bertz CT molecular complexity index is 401. The zero-order chi connectivity index (χ0) is 15.4. The van der Waals surface area contributed by atoms with Gasteiger partial charge in [0, 0.05) is 7.11 Å². The van der Waals surface area contributed by atoms with Gasteiger partial charge in [-0.25, -0.2) is 4.39 Å². The third-order valence-corrected chi connectivity index (χ3v) is 3.98. The molecule has 2 unspecified atom stereocenters. The normalized spacial score (nSPS) is 48.3. The standard InChI is InChI=1S/C14H23FO6/c1-13(2)17-6-7-9(19-13)11-10(20-14(3,4)21-11)8(15)12(16-5)18-7/h7-12H,6H2,1-5H3/t7?,8-,9+,10?,11-,12+/m0/s1. The summed E-state index contributed by atoms with van der Waals surface area (Å²) in [5, 5.41) is 0. The van der Waals surface area contributed by atoms with Crippen LogP contribution in [-0.4, -0.2) is 62.2 Å². The van der Waals surface area contributed by atoms with Crippen molar-refractivity contribution in [3.63, 3.8) is 0 Å². The minimum Gasteiger partial charge on any atom is -0.353 e. The summed E-state index contributed by atoms with van der Waals surface area (Å²) in [6, 6.07) is 0. The molecule has 3 heterocycles. The van der Waals surface area contributed by atoms with Gasteiger partial charge in [-0.3, -0.25) is 0 Å². The van der Waals surface area contributed by atoms with Crippen molar-refractivity contribution in [1.29, 1.82) is 0 Å². The van der Waals surface area contributed by atoms with E-state index in [9.17, 15) is 4.39 Å². The predicted molar refractivity (Wildman–Crippen MR) is 69.3 cm³/mol. The molecule has 3 aliphatic rings. The van der Waals surface area contributed by atoms with E-state index < -0.39 is 48.5 Å². The fourth-order valence-corrected chi connectivity index (χ4v) is 3.12. The molecule has 0 aliphatic carbocycles. The molecule has 3 rings (SSSR count). The maximum Gasteiger partial charge on any atom is 0.191 e. The summed E-state index contributed by atoms with van der Waals surface area (Å²) in [6.07, 6.45) is -4.79. The number of halogens is 1. The molecule has 0 amide bonds. The Hall–Kier alpha value is -0.310. The first-order chi connectivity index (χ1) is 9.72. The van der Waals surface area contributed by atoms with Gasteiger partial charge in [-0.2, -0.15) is 0 Å². The average Bonchev–Trinajstić information content (AvgIpc) is 2.67. The number of hydrogen-bond donors (Lipinski definition) is 0. The van der Waals surface area contributed by atoms with Crippen LogP contribution < -0.4 is 0 Å². The lowest BCUT2D eigenvalue weighted by Crippen LogP contribution is -2.55. The molecule has 0 bridgehead atoms. The Morgan fingerprint density at radius 2 is 1.57 bits per heavy atom. The van der Waals surface area contributed by atoms with E-state index in [0.29, 0.717) is 0 Å². The SMILES string of the molecule is CO[C@@H]1OC2COC(C)(C)O[C@H]2[C@@H]2OC(C)(C)OC2[C@@H]1F. The molecular weight excluding hydrogens is 283 g/mol. The molecule has 21 heavy (non-hydrogen) atoms. The van der Waals surface area contributed by atoms with E-state index in [1.807, 2.05) is 13.8 Å². The van der Waals surface area contributed by atoms with Gasteiger partial charge in [-0.05, 0) is 27.7 Å². The van der Waals surface area contributed by atoms with Gasteiger partial charge in [0.05, 0.1) is 6.61 Å². The van der Waals surface area contributed by atoms with Gasteiger partial charge in [0.2, 0.25) is 0 Å². The van der Waals surface area contributed by atoms with E-state index in [4.69, 9.17) is 28.4 Å². The Morgan fingerprint density at radius 3 is 2.24 bits per heavy atom. The first-order valence-corrected chi connectivity index (χ1v) is 7.22. The largest absolute Gasteiger partial charge is 0.353 e. The predicted octanol–water partition coefficient (Wildman–Crippen LogP) is 1.37. The van der Waals surface area contributed by atoms with Crippen LogP contribution in [0.4, 0.5) is 4.39 Å². The van der Waals surface area contributed by atoms with Crippen LogP contribution in [0.2, 0.25) is 0 Å². The number of ether oxygens (including phenoxy) is 6. The lowest BCUT2D eigenvalue weighted by Gasteiger charge is -2.42. The molecule has 0 radical (unpaired) electrons. The summed E-state index contributed by atoms with van der Waals surface area (Å²) in [7, 11) is 1.40. The number of fused-ring (bicyclic) bond motifs is 3. The summed E-state index contributed by atoms with van der Waals surface area (Å²) in [5.74, 6) is -1.64. The first kappa shape index (κ1) is 15.6. The average molecular weight is 306 g/mol. The maximum absolute atomic E-state index is 14.7. The van der Waals surface area contributed by atoms with Gasteiger partial charge in [0.1, 0.15) is 24.4 Å². The van der Waals surface area contributed by atoms with Crippen LogP contribution in [0.15, 0.2) is 0 Å². The van der Waals surface area contributed by atoms with E-state index in [1.54, 1.807) is 13.8 Å². The molecule has 122 valence electrons. The van der Waals surface area contributed by atoms with E-state index >= 15 is 0 Å². The smallest absolute Gasteiger partial charge is 0.191 e. The number of hydrogen-bond acceptors (Lipinski definition) is 6. The summed E-state index contributed by atoms with van der Waals surface area (Å²) < 4.78 is 48.6. The Balaban J connectivity index is 1.92. The lowest BCUT2D eigenvalue weighted by molar-refractivity contribution is -0.339. The zero-order valence-corrected chi connectivity index (χ0v) is 13.0. The third-order valence-electron chi connectivity index (χ3n) is 3.98. The molecule has 3 fully saturated rings. The molecule has 6 nitrogen and oxygen atoms in total. The highest BCUT2D eigenvalue weighted by Crippen LogP contribution is 2.41. The lowest BCUT2D eigenvalue weighted by atomic mass is 10.0. The second-order valence-corrected chi connectivity index (χ2v) is 6.58. The summed E-state index contributed by atoms with van der Waals surface area (Å²) >= 11 is 0. The van der Waals surface area contributed by atoms with Gasteiger partial charge in [0.25, 0.3) is 0 Å². The molecule has 0 aromatic heterocycles. The van der Waals surface area contributed by atoms with Crippen molar-refractivity contribution in [2.45, 2.75) is 76.1 Å². The van der Waals surface area contributed by atoms with E-state index in [1.165, 1.54) is 7.11 Å². The van der Waals surface area contributed by atoms with Gasteiger partial charge in [0.15, 0.2) is 24.0 Å². The van der Waals surface area contributed by atoms with Crippen molar-refractivity contribution < 1.29 is 32.8 Å². The highest BCUT2D eigenvalue weighted by Gasteiger charge is 2.58. The molecule has 3 aliphatic heterocycles. The van der Waals surface area contributed by atoms with Crippen molar-refractivity contribution in [3.05, 3.63) is 0 Å². The Kier molecular flexibility index (Phi) is 3.79. The zero-order valence-electron chi connectivity index (χ0n) is 13.0. The highest BCUT2D eigenvalue weighted by atomic mass is 19.1. The van der Waals surface area contributed by atoms with Crippen LogP contribution >= 0.6 is 0 Å². The van der Waals surface area contributed by atoms with E-state index in [2.05, 4.69) is 0 Å². The highest BCUT2D eigenvalue weighted by molar-refractivity contribution is 5.00. The molecule has 0 N–H and O–H groups in total. The number of alkyl halides is 1. The number of methoxy groups -OCH3 is 1. The van der Waals surface area contributed by atoms with Crippen LogP contribution in [0.5, 0.6) is 0 Å². The van der Waals surface area contributed by atoms with Crippen LogP contribution in [0.1, 0.15) is 27.7 Å². The van der Waals surface area contributed by atoms with Gasteiger partial charge in [-0.1, -0.05) is 0 Å². The first-order valence-electron chi connectivity index (χ1n) is 7.22. The molecular formula is C14H23FO6. The summed E-state index contributed by atoms with van der Waals surface area (Å²) in [5.41, 5.74) is 0. The quantitative estimate of drug-likeness (QED) is 0.729. The Morgan fingerprint density at radius 1 is 0.952 bits per heavy atom. The topological polar surface area (TPSA) is 55.4 Å². The molecule has 3 saturated heterocycles. The Labute approximate surface area is 123 Å². The van der Waals surface area contributed by atoms with Gasteiger partial charge in [-0.15, -0.1) is 0 Å². The van der Waals surface area contributed by atoms with Crippen molar-refractivity contribution in [3.8, 4) is 0 Å². The van der Waals surface area contributed by atoms with Crippen LogP contribution in [-0.2, 0) is 28.4 Å². The van der Waals surface area contributed by atoms with Gasteiger partial charge >= 0.3 is 0 Å².